The summed E-state index contributed by atoms with van der Waals surface area (Å²) < 4.78 is 0. The maximum Gasteiger partial charge on any atom is 0.225 e. The number of thiazole rings is 1. The first-order chi connectivity index (χ1) is 10.5. The van der Waals surface area contributed by atoms with E-state index in [4.69, 9.17) is 0 Å². The Bertz CT molecular complexity index is 517. The maximum atomic E-state index is 12.4. The number of aryl methyl sites for hydroxylation is 1. The average Bonchev–Trinajstić information content (AvgIpc) is 3.08. The van der Waals surface area contributed by atoms with Gasteiger partial charge in [-0.15, -0.1) is 11.3 Å². The molecular formula is C16H25N3O2S. The zero-order valence-electron chi connectivity index (χ0n) is 13.3. The molecule has 5 nitrogen and oxygen atoms in total. The van der Waals surface area contributed by atoms with Crippen molar-refractivity contribution in [2.45, 2.75) is 51.2 Å². The number of carbonyl (C=O) groups is 1. The van der Waals surface area contributed by atoms with Crippen molar-refractivity contribution in [3.05, 3.63) is 16.1 Å². The van der Waals surface area contributed by atoms with Crippen molar-refractivity contribution in [1.82, 2.24) is 14.8 Å². The van der Waals surface area contributed by atoms with Crippen LogP contribution in [0, 0.1) is 6.92 Å². The highest BCUT2D eigenvalue weighted by molar-refractivity contribution is 7.09. The molecule has 1 saturated carbocycles. The molecule has 2 heterocycles. The van der Waals surface area contributed by atoms with Gasteiger partial charge in [-0.25, -0.2) is 4.98 Å². The first kappa shape index (κ1) is 15.9. The summed E-state index contributed by atoms with van der Waals surface area (Å²) in [6, 6.07) is 0. The van der Waals surface area contributed by atoms with Crippen LogP contribution in [0.15, 0.2) is 5.38 Å². The second-order valence-electron chi connectivity index (χ2n) is 6.62. The predicted molar refractivity (Wildman–Crippen MR) is 86.7 cm³/mol. The zero-order chi connectivity index (χ0) is 15.6. The molecule has 2 aliphatic rings. The lowest BCUT2D eigenvalue weighted by Gasteiger charge is -2.35. The number of hydrogen-bond acceptors (Lipinski definition) is 5. The molecule has 1 aromatic heterocycles. The first-order valence-electron chi connectivity index (χ1n) is 8.18. The summed E-state index contributed by atoms with van der Waals surface area (Å²) in [5.41, 5.74) is 0.398. The number of aliphatic hydroxyl groups is 1. The van der Waals surface area contributed by atoms with Crippen LogP contribution in [0.2, 0.25) is 0 Å². The van der Waals surface area contributed by atoms with Crippen molar-refractivity contribution in [3.8, 4) is 0 Å². The van der Waals surface area contributed by atoms with Crippen LogP contribution in [0.5, 0.6) is 0 Å². The van der Waals surface area contributed by atoms with Crippen LogP contribution in [-0.2, 0) is 11.3 Å². The lowest BCUT2D eigenvalue weighted by molar-refractivity contribution is -0.138. The molecule has 0 spiro atoms. The fourth-order valence-corrected chi connectivity index (χ4v) is 4.07. The Morgan fingerprint density at radius 2 is 2.00 bits per heavy atom. The molecule has 1 N–H and O–H groups in total. The van der Waals surface area contributed by atoms with Crippen LogP contribution in [0.1, 0.15) is 42.8 Å². The van der Waals surface area contributed by atoms with E-state index in [1.807, 2.05) is 11.8 Å². The van der Waals surface area contributed by atoms with Crippen molar-refractivity contribution < 1.29 is 9.90 Å². The molecule has 0 bridgehead atoms. The largest absolute Gasteiger partial charge is 0.389 e. The Labute approximate surface area is 135 Å². The highest BCUT2D eigenvalue weighted by atomic mass is 32.1. The van der Waals surface area contributed by atoms with Crippen LogP contribution >= 0.6 is 11.3 Å². The van der Waals surface area contributed by atoms with Crippen molar-refractivity contribution >= 4 is 17.2 Å². The molecule has 0 aromatic carbocycles. The topological polar surface area (TPSA) is 56.7 Å². The maximum absolute atomic E-state index is 12.4. The van der Waals surface area contributed by atoms with Crippen LogP contribution in [0.3, 0.4) is 0 Å². The third-order valence-electron chi connectivity index (χ3n) is 4.79. The van der Waals surface area contributed by atoms with Crippen LogP contribution < -0.4 is 0 Å². The lowest BCUT2D eigenvalue weighted by atomic mass is 9.97. The molecule has 1 aliphatic carbocycles. The van der Waals surface area contributed by atoms with Crippen molar-refractivity contribution in [3.63, 3.8) is 0 Å². The van der Waals surface area contributed by atoms with Gasteiger partial charge in [0.15, 0.2) is 0 Å². The van der Waals surface area contributed by atoms with Crippen molar-refractivity contribution in [2.75, 3.05) is 26.2 Å². The molecule has 0 radical (unpaired) electrons. The Morgan fingerprint density at radius 1 is 1.32 bits per heavy atom. The Morgan fingerprint density at radius 3 is 2.59 bits per heavy atom. The summed E-state index contributed by atoms with van der Waals surface area (Å²) >= 11 is 1.69. The highest BCUT2D eigenvalue weighted by Crippen LogP contribution is 2.32. The molecule has 1 saturated heterocycles. The second-order valence-corrected chi connectivity index (χ2v) is 7.69. The second kappa shape index (κ2) is 6.64. The van der Waals surface area contributed by atoms with E-state index in [0.29, 0.717) is 6.42 Å². The number of carbonyl (C=O) groups excluding carboxylic acids is 1. The van der Waals surface area contributed by atoms with Gasteiger partial charge < -0.3 is 10.0 Å². The van der Waals surface area contributed by atoms with Gasteiger partial charge in [0, 0.05) is 38.1 Å². The van der Waals surface area contributed by atoms with Crippen LogP contribution in [0.25, 0.3) is 0 Å². The summed E-state index contributed by atoms with van der Waals surface area (Å²) in [5, 5.41) is 13.6. The first-order valence-corrected chi connectivity index (χ1v) is 9.06. The number of hydrogen-bond donors (Lipinski definition) is 1. The van der Waals surface area contributed by atoms with E-state index in [0.717, 1.165) is 69.1 Å². The summed E-state index contributed by atoms with van der Waals surface area (Å²) in [6.07, 6.45) is 3.96. The molecular weight excluding hydrogens is 298 g/mol. The molecule has 0 unspecified atom stereocenters. The van der Waals surface area contributed by atoms with Gasteiger partial charge in [-0.1, -0.05) is 12.8 Å². The number of amides is 1. The third-order valence-corrected chi connectivity index (χ3v) is 5.61. The molecule has 6 heteroatoms. The average molecular weight is 323 g/mol. The highest BCUT2D eigenvalue weighted by Gasteiger charge is 2.35. The Balaban J connectivity index is 1.45. The van der Waals surface area contributed by atoms with Gasteiger partial charge in [-0.05, 0) is 19.8 Å². The van der Waals surface area contributed by atoms with Gasteiger partial charge in [0.1, 0.15) is 0 Å². The van der Waals surface area contributed by atoms with Gasteiger partial charge >= 0.3 is 0 Å². The summed E-state index contributed by atoms with van der Waals surface area (Å²) in [6.45, 7) is 6.20. The van der Waals surface area contributed by atoms with Gasteiger partial charge in [0.05, 0.1) is 22.7 Å². The van der Waals surface area contributed by atoms with Gasteiger partial charge in [0.25, 0.3) is 0 Å². The predicted octanol–water partition coefficient (Wildman–Crippen LogP) is 1.79. The summed E-state index contributed by atoms with van der Waals surface area (Å²) in [4.78, 5) is 21.1. The van der Waals surface area contributed by atoms with Gasteiger partial charge in [0.2, 0.25) is 5.91 Å². The quantitative estimate of drug-likeness (QED) is 0.918. The summed E-state index contributed by atoms with van der Waals surface area (Å²) in [5.74, 6) is 0.119. The zero-order valence-corrected chi connectivity index (χ0v) is 14.1. The van der Waals surface area contributed by atoms with Crippen molar-refractivity contribution in [1.29, 1.82) is 0 Å². The van der Waals surface area contributed by atoms with E-state index in [1.54, 1.807) is 11.3 Å². The van der Waals surface area contributed by atoms with Gasteiger partial charge in [-0.3, -0.25) is 9.69 Å². The minimum Gasteiger partial charge on any atom is -0.389 e. The summed E-state index contributed by atoms with van der Waals surface area (Å²) in [7, 11) is 0. The van der Waals surface area contributed by atoms with E-state index < -0.39 is 5.60 Å². The molecule has 2 fully saturated rings. The van der Waals surface area contributed by atoms with Crippen LogP contribution in [-0.4, -0.2) is 57.6 Å². The minimum atomic E-state index is -0.730. The van der Waals surface area contributed by atoms with Crippen LogP contribution in [0.4, 0.5) is 0 Å². The standard InChI is InChI=1S/C16H25N3O2S/c1-13-17-14(12-22-13)11-18-6-8-19(9-7-18)15(20)10-16(21)4-2-3-5-16/h12,21H,2-11H2,1H3. The molecule has 0 atom stereocenters. The molecule has 1 amide bonds. The van der Waals surface area contributed by atoms with E-state index in [1.165, 1.54) is 0 Å². The van der Waals surface area contributed by atoms with E-state index in [-0.39, 0.29) is 5.91 Å². The Kier molecular flexibility index (Phi) is 4.80. The monoisotopic (exact) mass is 323 g/mol. The minimum absolute atomic E-state index is 0.119. The number of rotatable bonds is 4. The van der Waals surface area contributed by atoms with E-state index in [9.17, 15) is 9.90 Å². The van der Waals surface area contributed by atoms with E-state index >= 15 is 0 Å². The lowest BCUT2D eigenvalue weighted by Crippen LogP contribution is -2.49. The molecule has 22 heavy (non-hydrogen) atoms. The number of piperazine rings is 1. The smallest absolute Gasteiger partial charge is 0.225 e. The molecule has 122 valence electrons. The number of aromatic nitrogens is 1. The van der Waals surface area contributed by atoms with Gasteiger partial charge in [-0.2, -0.15) is 0 Å². The van der Waals surface area contributed by atoms with E-state index in [2.05, 4.69) is 15.3 Å². The molecule has 3 rings (SSSR count). The van der Waals surface area contributed by atoms with Crippen molar-refractivity contribution in [2.24, 2.45) is 0 Å². The normalized spacial score (nSPS) is 22.2. The third kappa shape index (κ3) is 3.86. The molecule has 1 aromatic rings. The SMILES string of the molecule is Cc1nc(CN2CCN(C(=O)CC3(O)CCCC3)CC2)cs1. The Hall–Kier alpha value is -0.980. The fraction of sp³-hybridized carbons (Fsp3) is 0.750. The number of nitrogens with zero attached hydrogens (tertiary/aromatic N) is 3. The molecule has 1 aliphatic heterocycles. The fourth-order valence-electron chi connectivity index (χ4n) is 3.47.